The summed E-state index contributed by atoms with van der Waals surface area (Å²) in [5.74, 6) is -1.76. The molecule has 0 saturated carbocycles. The Bertz CT molecular complexity index is 1140. The first kappa shape index (κ1) is 24.8. The highest BCUT2D eigenvalue weighted by atomic mass is 19.2. The maximum absolute atomic E-state index is 13.8. The standard InChI is InChI=1S/C24H26F2N4O4/c1-30(23(32)28-15-18-9-6-10-19(25)22(18)26)21(11-4-5-12-31)34-24(33)29-20-13-16-7-2-3-8-17(16)14-27-20/h2-3,6-10,13-14,21,31H,4-5,11-12,15H2,1H3,(H,28,32)(H,27,29,33). The number of urea groups is 1. The molecule has 3 rings (SSSR count). The number of pyridine rings is 1. The number of aliphatic hydroxyl groups is 1. The second kappa shape index (κ2) is 11.9. The van der Waals surface area contributed by atoms with Gasteiger partial charge < -0.3 is 15.2 Å². The zero-order chi connectivity index (χ0) is 24.5. The van der Waals surface area contributed by atoms with Crippen LogP contribution in [0.5, 0.6) is 0 Å². The van der Waals surface area contributed by atoms with E-state index in [2.05, 4.69) is 15.6 Å². The van der Waals surface area contributed by atoms with Crippen molar-refractivity contribution in [1.82, 2.24) is 15.2 Å². The van der Waals surface area contributed by atoms with Crippen LogP contribution in [-0.2, 0) is 11.3 Å². The number of hydrogen-bond donors (Lipinski definition) is 3. The second-order valence-corrected chi connectivity index (χ2v) is 7.60. The average Bonchev–Trinajstić information content (AvgIpc) is 2.83. The predicted octanol–water partition coefficient (Wildman–Crippen LogP) is 4.39. The van der Waals surface area contributed by atoms with Gasteiger partial charge in [-0.2, -0.15) is 0 Å². The summed E-state index contributed by atoms with van der Waals surface area (Å²) in [7, 11) is 1.42. The topological polar surface area (TPSA) is 104 Å². The number of carbonyl (C=O) groups is 2. The largest absolute Gasteiger partial charge is 0.425 e. The normalized spacial score (nSPS) is 11.6. The van der Waals surface area contributed by atoms with E-state index in [0.29, 0.717) is 12.8 Å². The summed E-state index contributed by atoms with van der Waals surface area (Å²) in [5, 5.41) is 15.9. The minimum Gasteiger partial charge on any atom is -0.425 e. The van der Waals surface area contributed by atoms with Gasteiger partial charge in [0.25, 0.3) is 0 Å². The molecule has 0 aliphatic rings. The molecule has 3 aromatic rings. The molecule has 0 aliphatic heterocycles. The van der Waals surface area contributed by atoms with Crippen molar-refractivity contribution in [3.8, 4) is 0 Å². The van der Waals surface area contributed by atoms with E-state index in [1.807, 2.05) is 24.3 Å². The molecule has 0 spiro atoms. The summed E-state index contributed by atoms with van der Waals surface area (Å²) >= 11 is 0. The van der Waals surface area contributed by atoms with Crippen molar-refractivity contribution in [2.75, 3.05) is 19.0 Å². The number of anilines is 1. The minimum absolute atomic E-state index is 0.0142. The highest BCUT2D eigenvalue weighted by Crippen LogP contribution is 2.17. The fourth-order valence-corrected chi connectivity index (χ4v) is 3.28. The highest BCUT2D eigenvalue weighted by Gasteiger charge is 2.24. The van der Waals surface area contributed by atoms with Crippen molar-refractivity contribution in [2.24, 2.45) is 0 Å². The van der Waals surface area contributed by atoms with Crippen LogP contribution in [0.25, 0.3) is 10.8 Å². The minimum atomic E-state index is -1.04. The molecule has 180 valence electrons. The van der Waals surface area contributed by atoms with Gasteiger partial charge in [0.1, 0.15) is 5.82 Å². The number of benzene rings is 2. The van der Waals surface area contributed by atoms with E-state index in [1.54, 1.807) is 12.3 Å². The van der Waals surface area contributed by atoms with Crippen LogP contribution in [0.15, 0.2) is 54.7 Å². The summed E-state index contributed by atoms with van der Waals surface area (Å²) in [6, 6.07) is 12.3. The van der Waals surface area contributed by atoms with Crippen molar-refractivity contribution in [2.45, 2.75) is 32.0 Å². The zero-order valence-corrected chi connectivity index (χ0v) is 18.6. The van der Waals surface area contributed by atoms with Gasteiger partial charge in [-0.1, -0.05) is 36.4 Å². The van der Waals surface area contributed by atoms with Crippen molar-refractivity contribution >= 4 is 28.7 Å². The van der Waals surface area contributed by atoms with E-state index in [0.717, 1.165) is 21.7 Å². The number of nitrogens with one attached hydrogen (secondary N) is 2. The van der Waals surface area contributed by atoms with E-state index in [-0.39, 0.29) is 31.0 Å². The Morgan fingerprint density at radius 3 is 2.65 bits per heavy atom. The first-order valence-corrected chi connectivity index (χ1v) is 10.8. The van der Waals surface area contributed by atoms with Gasteiger partial charge in [0.05, 0.1) is 0 Å². The Morgan fingerprint density at radius 1 is 1.12 bits per heavy atom. The van der Waals surface area contributed by atoms with E-state index in [4.69, 9.17) is 9.84 Å². The summed E-state index contributed by atoms with van der Waals surface area (Å²) in [6.45, 7) is -0.294. The first-order valence-electron chi connectivity index (χ1n) is 10.8. The molecule has 1 heterocycles. The number of carbonyl (C=O) groups excluding carboxylic acids is 2. The molecule has 3 N–H and O–H groups in total. The third kappa shape index (κ3) is 6.61. The molecule has 1 atom stereocenters. The van der Waals surface area contributed by atoms with Crippen LogP contribution >= 0.6 is 0 Å². The zero-order valence-electron chi connectivity index (χ0n) is 18.6. The Hall–Kier alpha value is -3.79. The number of halogens is 2. The van der Waals surface area contributed by atoms with Crippen LogP contribution < -0.4 is 10.6 Å². The number of aliphatic hydroxyl groups excluding tert-OH is 1. The molecule has 8 nitrogen and oxygen atoms in total. The lowest BCUT2D eigenvalue weighted by Crippen LogP contribution is -2.46. The van der Waals surface area contributed by atoms with Gasteiger partial charge >= 0.3 is 12.1 Å². The molecule has 0 radical (unpaired) electrons. The summed E-state index contributed by atoms with van der Waals surface area (Å²) in [4.78, 5) is 30.4. The van der Waals surface area contributed by atoms with E-state index < -0.39 is 30.0 Å². The molecule has 0 saturated heterocycles. The Morgan fingerprint density at radius 2 is 1.88 bits per heavy atom. The van der Waals surface area contributed by atoms with E-state index >= 15 is 0 Å². The van der Waals surface area contributed by atoms with Gasteiger partial charge in [-0.05, 0) is 30.4 Å². The molecule has 2 aromatic carbocycles. The Kier molecular flexibility index (Phi) is 8.69. The smallest absolute Gasteiger partial charge is 0.414 e. The maximum Gasteiger partial charge on any atom is 0.414 e. The molecule has 10 heteroatoms. The van der Waals surface area contributed by atoms with Gasteiger partial charge in [0.15, 0.2) is 17.9 Å². The van der Waals surface area contributed by atoms with Crippen LogP contribution in [0.2, 0.25) is 0 Å². The van der Waals surface area contributed by atoms with Crippen LogP contribution in [-0.4, -0.2) is 47.0 Å². The number of hydrogen-bond acceptors (Lipinski definition) is 5. The SMILES string of the molecule is CN(C(=O)NCc1cccc(F)c1F)C(CCCCO)OC(=O)Nc1cc2ccccc2cn1. The monoisotopic (exact) mass is 472 g/mol. The van der Waals surface area contributed by atoms with Crippen molar-refractivity contribution < 1.29 is 28.2 Å². The lowest BCUT2D eigenvalue weighted by Gasteiger charge is -2.28. The molecule has 3 amide bonds. The van der Waals surface area contributed by atoms with Crippen LogP contribution in [0.1, 0.15) is 24.8 Å². The third-order valence-corrected chi connectivity index (χ3v) is 5.18. The molecular formula is C24H26F2N4O4. The lowest BCUT2D eigenvalue weighted by molar-refractivity contribution is 0.0204. The van der Waals surface area contributed by atoms with Gasteiger partial charge in [0, 0.05) is 43.8 Å². The quantitative estimate of drug-likeness (QED) is 0.317. The van der Waals surface area contributed by atoms with Crippen LogP contribution in [0.4, 0.5) is 24.2 Å². The van der Waals surface area contributed by atoms with Crippen molar-refractivity contribution in [3.05, 3.63) is 71.9 Å². The summed E-state index contributed by atoms with van der Waals surface area (Å²) < 4.78 is 32.7. The summed E-state index contributed by atoms with van der Waals surface area (Å²) in [5.41, 5.74) is -0.0142. The number of amides is 3. The summed E-state index contributed by atoms with van der Waals surface area (Å²) in [6.07, 6.45) is 1.04. The molecule has 0 fully saturated rings. The number of unbranched alkanes of at least 4 members (excludes halogenated alkanes) is 1. The highest BCUT2D eigenvalue weighted by molar-refractivity contribution is 5.89. The lowest BCUT2D eigenvalue weighted by atomic mass is 10.2. The van der Waals surface area contributed by atoms with Gasteiger partial charge in [-0.3, -0.25) is 10.2 Å². The fraction of sp³-hybridized carbons (Fsp3) is 0.292. The van der Waals surface area contributed by atoms with Crippen molar-refractivity contribution in [1.29, 1.82) is 0 Å². The molecule has 1 unspecified atom stereocenters. The molecular weight excluding hydrogens is 446 g/mol. The van der Waals surface area contributed by atoms with E-state index in [9.17, 15) is 18.4 Å². The second-order valence-electron chi connectivity index (χ2n) is 7.60. The number of rotatable bonds is 9. The van der Waals surface area contributed by atoms with E-state index in [1.165, 1.54) is 19.2 Å². The Labute approximate surface area is 195 Å². The Balaban J connectivity index is 1.63. The van der Waals surface area contributed by atoms with Crippen LogP contribution in [0.3, 0.4) is 0 Å². The van der Waals surface area contributed by atoms with Gasteiger partial charge in [0.2, 0.25) is 0 Å². The number of aromatic nitrogens is 1. The van der Waals surface area contributed by atoms with Gasteiger partial charge in [-0.15, -0.1) is 0 Å². The molecule has 1 aromatic heterocycles. The van der Waals surface area contributed by atoms with Crippen molar-refractivity contribution in [3.63, 3.8) is 0 Å². The number of ether oxygens (including phenoxy) is 1. The first-order chi connectivity index (χ1) is 16.4. The van der Waals surface area contributed by atoms with Crippen LogP contribution in [0, 0.1) is 11.6 Å². The maximum atomic E-state index is 13.8. The molecule has 34 heavy (non-hydrogen) atoms. The predicted molar refractivity (Wildman–Crippen MR) is 123 cm³/mol. The number of fused-ring (bicyclic) bond motifs is 1. The fourth-order valence-electron chi connectivity index (χ4n) is 3.28. The molecule has 0 aliphatic carbocycles. The molecule has 0 bridgehead atoms. The van der Waals surface area contributed by atoms with Gasteiger partial charge in [-0.25, -0.2) is 23.4 Å². The number of nitrogens with zero attached hydrogens (tertiary/aromatic N) is 2. The average molecular weight is 472 g/mol. The third-order valence-electron chi connectivity index (χ3n) is 5.18.